The van der Waals surface area contributed by atoms with Crippen molar-refractivity contribution in [2.24, 2.45) is 5.14 Å². The molecule has 2 aromatic rings. The summed E-state index contributed by atoms with van der Waals surface area (Å²) in [5.41, 5.74) is 1.21. The Balaban J connectivity index is 1.73. The highest BCUT2D eigenvalue weighted by molar-refractivity contribution is 7.91. The minimum absolute atomic E-state index is 0.0329. The topological polar surface area (TPSA) is 115 Å². The van der Waals surface area contributed by atoms with Crippen molar-refractivity contribution in [3.05, 3.63) is 53.8 Å². The van der Waals surface area contributed by atoms with E-state index in [2.05, 4.69) is 0 Å². The Hall–Kier alpha value is -2.30. The number of sulfone groups is 1. The van der Waals surface area contributed by atoms with Crippen molar-refractivity contribution in [1.29, 1.82) is 0 Å². The van der Waals surface area contributed by atoms with Gasteiger partial charge in [0.15, 0.2) is 9.84 Å². The van der Waals surface area contributed by atoms with Crippen LogP contribution in [0.5, 0.6) is 0 Å². The van der Waals surface area contributed by atoms with Crippen molar-refractivity contribution in [2.75, 3.05) is 17.2 Å². The van der Waals surface area contributed by atoms with E-state index >= 15 is 0 Å². The van der Waals surface area contributed by atoms with Crippen LogP contribution in [0.25, 0.3) is 0 Å². The number of nitrogens with zero attached hydrogens (tertiary/aromatic N) is 1. The van der Waals surface area contributed by atoms with Crippen LogP contribution in [0.15, 0.2) is 52.3 Å². The maximum absolute atomic E-state index is 12.9. The molecule has 0 fully saturated rings. The summed E-state index contributed by atoms with van der Waals surface area (Å²) in [6.07, 6.45) is 0.214. The number of fused-ring (bicyclic) bond motifs is 1. The van der Waals surface area contributed by atoms with E-state index < -0.39 is 31.4 Å². The summed E-state index contributed by atoms with van der Waals surface area (Å²) in [4.78, 5) is 13.8. The molecule has 0 aromatic heterocycles. The number of carbonyl (C=O) groups is 1. The van der Waals surface area contributed by atoms with E-state index in [4.69, 9.17) is 5.14 Å². The molecule has 1 heterocycles. The number of carbonyl (C=O) groups excluding carboxylic acids is 1. The summed E-state index contributed by atoms with van der Waals surface area (Å²) in [6.45, 7) is 0.332. The summed E-state index contributed by atoms with van der Waals surface area (Å²) >= 11 is 0. The van der Waals surface area contributed by atoms with Gasteiger partial charge < -0.3 is 4.90 Å². The number of anilines is 1. The first-order valence-electron chi connectivity index (χ1n) is 8.02. The van der Waals surface area contributed by atoms with Crippen molar-refractivity contribution in [1.82, 2.24) is 0 Å². The van der Waals surface area contributed by atoms with Crippen LogP contribution in [-0.4, -0.2) is 35.0 Å². The monoisotopic (exact) mass is 412 g/mol. The first-order chi connectivity index (χ1) is 12.6. The van der Waals surface area contributed by atoms with Gasteiger partial charge in [-0.3, -0.25) is 4.79 Å². The molecule has 0 spiro atoms. The van der Waals surface area contributed by atoms with Gasteiger partial charge in [-0.1, -0.05) is 0 Å². The number of amides is 1. The largest absolute Gasteiger partial charge is 0.312 e. The summed E-state index contributed by atoms with van der Waals surface area (Å²) in [7, 11) is -7.55. The normalized spacial score (nSPS) is 14.2. The van der Waals surface area contributed by atoms with Crippen LogP contribution in [-0.2, 0) is 31.1 Å². The van der Waals surface area contributed by atoms with Crippen molar-refractivity contribution < 1.29 is 26.0 Å². The molecule has 144 valence electrons. The van der Waals surface area contributed by atoms with Crippen LogP contribution >= 0.6 is 0 Å². The molecule has 2 aromatic carbocycles. The van der Waals surface area contributed by atoms with Crippen LogP contribution in [0.1, 0.15) is 12.0 Å². The Morgan fingerprint density at radius 2 is 1.67 bits per heavy atom. The third-order valence-electron chi connectivity index (χ3n) is 4.33. The third-order valence-corrected chi connectivity index (χ3v) is 6.98. The Kier molecular flexibility index (Phi) is 5.06. The fraction of sp³-hybridized carbons (Fsp3) is 0.235. The van der Waals surface area contributed by atoms with Crippen LogP contribution in [0.4, 0.5) is 10.1 Å². The molecule has 1 aliphatic rings. The molecule has 3 rings (SSSR count). The molecule has 0 unspecified atom stereocenters. The van der Waals surface area contributed by atoms with E-state index in [1.807, 2.05) is 0 Å². The molecule has 0 atom stereocenters. The number of rotatable bonds is 5. The van der Waals surface area contributed by atoms with Gasteiger partial charge in [-0.05, 0) is 54.4 Å². The average molecular weight is 412 g/mol. The molecule has 1 amide bonds. The van der Waals surface area contributed by atoms with E-state index in [0.717, 1.165) is 24.3 Å². The van der Waals surface area contributed by atoms with Gasteiger partial charge in [0.05, 0.1) is 15.5 Å². The SMILES string of the molecule is NS(=O)(=O)c1ccc2c(c1)CCN2C(=O)CCS(=O)(=O)c1ccc(F)cc1. The number of sulfonamides is 1. The maximum atomic E-state index is 12.9. The Labute approximate surface area is 156 Å². The van der Waals surface area contributed by atoms with Gasteiger partial charge in [0.2, 0.25) is 15.9 Å². The van der Waals surface area contributed by atoms with Gasteiger partial charge in [-0.15, -0.1) is 0 Å². The molecule has 10 heteroatoms. The number of benzene rings is 2. The molecule has 2 N–H and O–H groups in total. The van der Waals surface area contributed by atoms with Crippen LogP contribution in [0.3, 0.4) is 0 Å². The van der Waals surface area contributed by atoms with Crippen LogP contribution < -0.4 is 10.0 Å². The molecule has 0 aliphatic carbocycles. The zero-order valence-electron chi connectivity index (χ0n) is 14.1. The fourth-order valence-electron chi connectivity index (χ4n) is 2.93. The second-order valence-electron chi connectivity index (χ2n) is 6.15. The van der Waals surface area contributed by atoms with Crippen molar-refractivity contribution >= 4 is 31.5 Å². The highest BCUT2D eigenvalue weighted by atomic mass is 32.2. The van der Waals surface area contributed by atoms with Gasteiger partial charge in [0, 0.05) is 18.7 Å². The molecule has 0 radical (unpaired) electrons. The highest BCUT2D eigenvalue weighted by Crippen LogP contribution is 2.30. The van der Waals surface area contributed by atoms with E-state index in [1.165, 1.54) is 23.1 Å². The molecule has 0 saturated carbocycles. The highest BCUT2D eigenvalue weighted by Gasteiger charge is 2.27. The molecule has 27 heavy (non-hydrogen) atoms. The molecule has 0 saturated heterocycles. The van der Waals surface area contributed by atoms with Crippen LogP contribution in [0, 0.1) is 5.82 Å². The minimum atomic E-state index is -3.83. The summed E-state index contributed by atoms with van der Waals surface area (Å²) in [5.74, 6) is -1.33. The Bertz CT molecular complexity index is 1100. The lowest BCUT2D eigenvalue weighted by molar-refractivity contribution is -0.118. The minimum Gasteiger partial charge on any atom is -0.312 e. The Morgan fingerprint density at radius 1 is 1.04 bits per heavy atom. The van der Waals surface area contributed by atoms with Crippen LogP contribution in [0.2, 0.25) is 0 Å². The van der Waals surface area contributed by atoms with Crippen molar-refractivity contribution in [3.63, 3.8) is 0 Å². The van der Waals surface area contributed by atoms with E-state index in [-0.39, 0.29) is 22.1 Å². The van der Waals surface area contributed by atoms with Gasteiger partial charge in [-0.25, -0.2) is 26.4 Å². The quantitative estimate of drug-likeness (QED) is 0.742. The zero-order valence-corrected chi connectivity index (χ0v) is 15.8. The van der Waals surface area contributed by atoms with E-state index in [0.29, 0.717) is 24.2 Å². The second-order valence-corrected chi connectivity index (χ2v) is 9.82. The predicted octanol–water partition coefficient (Wildman–Crippen LogP) is 1.23. The van der Waals surface area contributed by atoms with Crippen molar-refractivity contribution in [3.8, 4) is 0 Å². The summed E-state index contributed by atoms with van der Waals surface area (Å²) < 4.78 is 60.4. The number of halogens is 1. The smallest absolute Gasteiger partial charge is 0.238 e. The van der Waals surface area contributed by atoms with Gasteiger partial charge in [-0.2, -0.15) is 0 Å². The number of hydrogen-bond acceptors (Lipinski definition) is 5. The molecule has 0 bridgehead atoms. The van der Waals surface area contributed by atoms with E-state index in [1.54, 1.807) is 0 Å². The lowest BCUT2D eigenvalue weighted by Gasteiger charge is -2.17. The van der Waals surface area contributed by atoms with E-state index in [9.17, 15) is 26.0 Å². The summed E-state index contributed by atoms with van der Waals surface area (Å²) in [5, 5.41) is 5.11. The third kappa shape index (κ3) is 4.18. The first kappa shape index (κ1) is 19.5. The lowest BCUT2D eigenvalue weighted by atomic mass is 10.2. The predicted molar refractivity (Wildman–Crippen MR) is 96.9 cm³/mol. The summed E-state index contributed by atoms with van der Waals surface area (Å²) in [6, 6.07) is 8.66. The van der Waals surface area contributed by atoms with Gasteiger partial charge >= 0.3 is 0 Å². The fourth-order valence-corrected chi connectivity index (χ4v) is 4.72. The zero-order chi connectivity index (χ0) is 19.8. The molecular weight excluding hydrogens is 395 g/mol. The lowest BCUT2D eigenvalue weighted by Crippen LogP contribution is -2.30. The second kappa shape index (κ2) is 7.02. The Morgan fingerprint density at radius 3 is 2.30 bits per heavy atom. The average Bonchev–Trinajstić information content (AvgIpc) is 3.02. The number of primary sulfonamides is 1. The number of nitrogens with two attached hydrogens (primary N) is 1. The molecule has 7 nitrogen and oxygen atoms in total. The van der Waals surface area contributed by atoms with Gasteiger partial charge in [0.25, 0.3) is 0 Å². The van der Waals surface area contributed by atoms with Gasteiger partial charge in [0.1, 0.15) is 5.82 Å². The molecule has 1 aliphatic heterocycles. The number of hydrogen-bond donors (Lipinski definition) is 1. The molecular formula is C17H17FN2O5S2. The maximum Gasteiger partial charge on any atom is 0.238 e. The van der Waals surface area contributed by atoms with Crippen molar-refractivity contribution in [2.45, 2.75) is 22.6 Å². The first-order valence-corrected chi connectivity index (χ1v) is 11.2. The standard InChI is InChI=1S/C17H17FN2O5S2/c18-13-1-3-14(4-2-13)26(22,23)10-8-17(21)20-9-7-12-11-15(27(19,24)25)5-6-16(12)20/h1-6,11H,7-10H2,(H2,19,24,25).